The third kappa shape index (κ3) is 10.4. The zero-order valence-corrected chi connectivity index (χ0v) is 18.5. The van der Waals surface area contributed by atoms with Crippen molar-refractivity contribution in [1.82, 2.24) is 5.23 Å². The molecule has 2 aromatic carbocycles. The minimum atomic E-state index is -0.985. The number of carbonyl (C=O) groups is 3. The van der Waals surface area contributed by atoms with Gasteiger partial charge in [-0.15, -0.1) is 0 Å². The van der Waals surface area contributed by atoms with Gasteiger partial charge in [-0.25, -0.2) is 0 Å². The molecule has 0 spiro atoms. The predicted octanol–water partition coefficient (Wildman–Crippen LogP) is 2.25. The third-order valence-electron chi connectivity index (χ3n) is 3.70. The van der Waals surface area contributed by atoms with E-state index in [4.69, 9.17) is 15.9 Å². The molecule has 0 aromatic heterocycles. The van der Waals surface area contributed by atoms with Crippen molar-refractivity contribution in [2.45, 2.75) is 24.9 Å². The number of hydrogen-bond donors (Lipinski definition) is 4. The van der Waals surface area contributed by atoms with Gasteiger partial charge in [-0.2, -0.15) is 0 Å². The molecule has 7 nitrogen and oxygen atoms in total. The van der Waals surface area contributed by atoms with Crippen LogP contribution in [0, 0.1) is 0 Å². The molecule has 153 valence electrons. The second-order valence-electron chi connectivity index (χ2n) is 5.97. The fourth-order valence-corrected chi connectivity index (χ4v) is 2.72. The van der Waals surface area contributed by atoms with Crippen LogP contribution < -0.4 is 11.0 Å². The molecule has 5 N–H and O–H groups in total. The van der Waals surface area contributed by atoms with Crippen molar-refractivity contribution in [2.75, 3.05) is 0 Å². The summed E-state index contributed by atoms with van der Waals surface area (Å²) in [7, 11) is 1.09. The van der Waals surface area contributed by atoms with Crippen LogP contribution in [0.4, 0.5) is 0 Å². The van der Waals surface area contributed by atoms with Crippen LogP contribution >= 0.6 is 31.9 Å². The van der Waals surface area contributed by atoms with Crippen LogP contribution in [0.15, 0.2) is 57.5 Å². The first kappa shape index (κ1) is 25.0. The van der Waals surface area contributed by atoms with Gasteiger partial charge in [0.05, 0.1) is 12.2 Å². The summed E-state index contributed by atoms with van der Waals surface area (Å²) in [6.07, 6.45) is 1.22. The number of carboxylic acids is 2. The second kappa shape index (κ2) is 13.3. The maximum Gasteiger partial charge on any atom is 0.320 e. The molecular weight excluding hydrogens is 507 g/mol. The van der Waals surface area contributed by atoms with Gasteiger partial charge in [-0.3, -0.25) is 9.59 Å². The van der Waals surface area contributed by atoms with Crippen molar-refractivity contribution in [3.8, 4) is 0 Å². The Labute approximate surface area is 186 Å². The minimum absolute atomic E-state index is 0.326. The Morgan fingerprint density at radius 1 is 0.931 bits per heavy atom. The lowest BCUT2D eigenvalue weighted by Crippen LogP contribution is -2.41. The van der Waals surface area contributed by atoms with Crippen LogP contribution in [0.25, 0.3) is 0 Å². The molecular formula is C19H20BBr2N2O5. The van der Waals surface area contributed by atoms with E-state index in [-0.39, 0.29) is 0 Å². The summed E-state index contributed by atoms with van der Waals surface area (Å²) in [6, 6.07) is 13.2. The number of carbonyl (C=O) groups excluding carboxylic acids is 1. The summed E-state index contributed by atoms with van der Waals surface area (Å²) >= 11 is 6.59. The first-order valence-electron chi connectivity index (χ1n) is 8.46. The van der Waals surface area contributed by atoms with Crippen LogP contribution in [-0.2, 0) is 27.2 Å². The molecule has 0 bridgehead atoms. The lowest BCUT2D eigenvalue weighted by atomic mass is 9.94. The lowest BCUT2D eigenvalue weighted by Gasteiger charge is -2.12. The highest BCUT2D eigenvalue weighted by atomic mass is 79.9. The molecule has 0 aliphatic carbocycles. The summed E-state index contributed by atoms with van der Waals surface area (Å²) in [6.45, 7) is 0. The number of nitrogens with one attached hydrogen (secondary N) is 1. The molecule has 0 saturated heterocycles. The van der Waals surface area contributed by atoms with E-state index in [0.29, 0.717) is 19.0 Å². The monoisotopic (exact) mass is 525 g/mol. The van der Waals surface area contributed by atoms with Crippen molar-refractivity contribution in [1.29, 1.82) is 0 Å². The summed E-state index contributed by atoms with van der Waals surface area (Å²) in [5.74, 6) is -1.95. The van der Waals surface area contributed by atoms with Gasteiger partial charge in [0.2, 0.25) is 0 Å². The van der Waals surface area contributed by atoms with E-state index in [1.165, 1.54) is 0 Å². The van der Waals surface area contributed by atoms with Crippen LogP contribution in [0.2, 0.25) is 0 Å². The molecule has 2 rings (SSSR count). The number of rotatable bonds is 9. The highest BCUT2D eigenvalue weighted by molar-refractivity contribution is 9.10. The Balaban J connectivity index is 0.000000296. The number of carboxylic acid groups (broad SMARTS) is 2. The fraction of sp³-hybridized carbons (Fsp3) is 0.211. The molecule has 2 atom stereocenters. The molecule has 0 heterocycles. The molecule has 0 aliphatic heterocycles. The molecule has 29 heavy (non-hydrogen) atoms. The summed E-state index contributed by atoms with van der Waals surface area (Å²) in [5, 5.41) is 20.0. The van der Waals surface area contributed by atoms with E-state index < -0.39 is 24.0 Å². The molecule has 0 saturated carbocycles. The number of halogens is 2. The third-order valence-corrected chi connectivity index (χ3v) is 4.76. The summed E-state index contributed by atoms with van der Waals surface area (Å²) in [5.41, 5.74) is 7.20. The fourth-order valence-electron chi connectivity index (χ4n) is 2.19. The van der Waals surface area contributed by atoms with Gasteiger partial charge in [-0.05, 0) is 48.2 Å². The first-order valence-corrected chi connectivity index (χ1v) is 10.0. The molecule has 10 heteroatoms. The number of hydrogen-bond acceptors (Lipinski definition) is 5. The number of aliphatic carboxylic acids is 2. The highest BCUT2D eigenvalue weighted by Crippen LogP contribution is 2.12. The average Bonchev–Trinajstić information content (AvgIpc) is 2.68. The molecule has 0 fully saturated rings. The number of nitrogens with two attached hydrogens (primary N) is 1. The Morgan fingerprint density at radius 3 is 1.76 bits per heavy atom. The molecule has 0 aliphatic rings. The topological polar surface area (TPSA) is 130 Å². The smallest absolute Gasteiger partial charge is 0.320 e. The van der Waals surface area contributed by atoms with E-state index in [2.05, 4.69) is 37.1 Å². The lowest BCUT2D eigenvalue weighted by molar-refractivity contribution is -0.139. The maximum absolute atomic E-state index is 10.9. The van der Waals surface area contributed by atoms with E-state index >= 15 is 0 Å². The summed E-state index contributed by atoms with van der Waals surface area (Å²) < 4.78 is 1.91. The van der Waals surface area contributed by atoms with E-state index in [1.807, 2.05) is 48.5 Å². The summed E-state index contributed by atoms with van der Waals surface area (Å²) in [4.78, 5) is 31.4. The van der Waals surface area contributed by atoms with Crippen LogP contribution in [0.1, 0.15) is 11.1 Å². The zero-order valence-electron chi connectivity index (χ0n) is 15.3. The maximum atomic E-state index is 10.9. The first-order chi connectivity index (χ1) is 13.7. The van der Waals surface area contributed by atoms with E-state index in [9.17, 15) is 14.4 Å². The Kier molecular flexibility index (Phi) is 11.4. The average molecular weight is 527 g/mol. The van der Waals surface area contributed by atoms with E-state index in [1.54, 1.807) is 0 Å². The van der Waals surface area contributed by atoms with Gasteiger partial charge in [0, 0.05) is 8.95 Å². The van der Waals surface area contributed by atoms with Gasteiger partial charge in [0.1, 0.15) is 6.04 Å². The normalized spacial score (nSPS) is 12.1. The highest BCUT2D eigenvalue weighted by Gasteiger charge is 2.17. The SMILES string of the molecule is N[C@H](Cc1ccc(Br)cc1)C(=O)O.O=C[B]N[C@H](Cc1ccc(Br)cc1)C(=O)O. The van der Waals surface area contributed by atoms with Crippen molar-refractivity contribution < 1.29 is 24.6 Å². The van der Waals surface area contributed by atoms with Gasteiger partial charge in [-0.1, -0.05) is 56.1 Å². The van der Waals surface area contributed by atoms with Gasteiger partial charge < -0.3 is 26.0 Å². The standard InChI is InChI=1S/C10H10BBrNO3.C9H10BrNO2/c12-8-3-1-7(2-4-8)5-9(10(15)16)13-11-6-14;10-7-3-1-6(2-4-7)5-8(11)9(12)13/h1-4,6,9,13H,5H2,(H,15,16);1-4,8H,5,11H2,(H,12,13)/t9-;8-/m11/s1. The van der Waals surface area contributed by atoms with E-state index in [0.717, 1.165) is 27.5 Å². The van der Waals surface area contributed by atoms with Gasteiger partial charge in [0.25, 0.3) is 7.41 Å². The second-order valence-corrected chi connectivity index (χ2v) is 7.80. The van der Waals surface area contributed by atoms with Crippen LogP contribution in [-0.4, -0.2) is 47.8 Å². The van der Waals surface area contributed by atoms with Crippen molar-refractivity contribution in [3.63, 3.8) is 0 Å². The quantitative estimate of drug-likeness (QED) is 0.291. The van der Waals surface area contributed by atoms with Gasteiger partial charge in [0.15, 0.2) is 0 Å². The minimum Gasteiger partial charge on any atom is -0.480 e. The number of benzene rings is 2. The van der Waals surface area contributed by atoms with Gasteiger partial charge >= 0.3 is 11.9 Å². The Morgan fingerprint density at radius 2 is 1.38 bits per heavy atom. The van der Waals surface area contributed by atoms with Crippen LogP contribution in [0.5, 0.6) is 0 Å². The molecule has 2 aromatic rings. The Bertz CT molecular complexity index is 803. The van der Waals surface area contributed by atoms with Crippen molar-refractivity contribution in [2.24, 2.45) is 5.73 Å². The van der Waals surface area contributed by atoms with Crippen molar-refractivity contribution in [3.05, 3.63) is 68.6 Å². The predicted molar refractivity (Wildman–Crippen MR) is 118 cm³/mol. The van der Waals surface area contributed by atoms with Crippen LogP contribution in [0.3, 0.4) is 0 Å². The zero-order chi connectivity index (χ0) is 21.8. The molecule has 0 amide bonds. The molecule has 0 unspecified atom stereocenters. The largest absolute Gasteiger partial charge is 0.480 e. The van der Waals surface area contributed by atoms with Crippen molar-refractivity contribution >= 4 is 57.4 Å². The Hall–Kier alpha value is -2.01. The molecule has 1 radical (unpaired) electrons.